The van der Waals surface area contributed by atoms with E-state index in [0.29, 0.717) is 0 Å². The van der Waals surface area contributed by atoms with E-state index in [1.807, 2.05) is 11.3 Å². The van der Waals surface area contributed by atoms with Crippen molar-refractivity contribution in [1.29, 1.82) is 0 Å². The molecule has 0 radical (unpaired) electrons. The Morgan fingerprint density at radius 3 is 2.56 bits per heavy atom. The van der Waals surface area contributed by atoms with Gasteiger partial charge in [-0.3, -0.25) is 0 Å². The Hall–Kier alpha value is -0.0100. The van der Waals surface area contributed by atoms with Gasteiger partial charge < -0.3 is 0 Å². The van der Waals surface area contributed by atoms with Crippen LogP contribution in [0.2, 0.25) is 0 Å². The van der Waals surface area contributed by atoms with E-state index >= 15 is 0 Å². The molecule has 1 aromatic heterocycles. The summed E-state index contributed by atoms with van der Waals surface area (Å²) in [7, 11) is 0. The molecular formula is C14H21ClS. The van der Waals surface area contributed by atoms with Crippen LogP contribution >= 0.6 is 22.9 Å². The van der Waals surface area contributed by atoms with Crippen LogP contribution in [0.15, 0.2) is 6.07 Å². The average Bonchev–Trinajstić information content (AvgIpc) is 2.59. The number of hydrogen-bond donors (Lipinski definition) is 0. The van der Waals surface area contributed by atoms with Crippen molar-refractivity contribution in [2.45, 2.75) is 57.7 Å². The minimum absolute atomic E-state index is 0.252. The molecular weight excluding hydrogens is 236 g/mol. The molecule has 0 spiro atoms. The molecule has 0 bridgehead atoms. The van der Waals surface area contributed by atoms with Gasteiger partial charge in [0.15, 0.2) is 0 Å². The molecule has 0 amide bonds. The van der Waals surface area contributed by atoms with E-state index in [1.54, 1.807) is 0 Å². The van der Waals surface area contributed by atoms with Gasteiger partial charge in [0.05, 0.1) is 5.38 Å². The maximum absolute atomic E-state index is 6.57. The summed E-state index contributed by atoms with van der Waals surface area (Å²) in [6, 6.07) is 2.26. The van der Waals surface area contributed by atoms with Crippen molar-refractivity contribution >= 4 is 22.9 Å². The van der Waals surface area contributed by atoms with Crippen LogP contribution in [0.25, 0.3) is 0 Å². The smallest absolute Gasteiger partial charge is 0.0684 e. The van der Waals surface area contributed by atoms with E-state index in [4.69, 9.17) is 11.6 Å². The molecule has 1 unspecified atom stereocenters. The molecule has 1 aromatic rings. The zero-order valence-electron chi connectivity index (χ0n) is 10.3. The molecule has 0 nitrogen and oxygen atoms in total. The van der Waals surface area contributed by atoms with E-state index in [0.717, 1.165) is 5.92 Å². The molecule has 16 heavy (non-hydrogen) atoms. The molecule has 1 atom stereocenters. The number of aryl methyl sites for hydroxylation is 2. The summed E-state index contributed by atoms with van der Waals surface area (Å²) < 4.78 is 0. The van der Waals surface area contributed by atoms with Gasteiger partial charge in [0.1, 0.15) is 0 Å². The Balaban J connectivity index is 1.96. The van der Waals surface area contributed by atoms with Crippen molar-refractivity contribution in [3.63, 3.8) is 0 Å². The predicted molar refractivity (Wildman–Crippen MR) is 73.6 cm³/mol. The Morgan fingerprint density at radius 1 is 1.31 bits per heavy atom. The van der Waals surface area contributed by atoms with E-state index in [9.17, 15) is 0 Å². The molecule has 1 heterocycles. The van der Waals surface area contributed by atoms with Gasteiger partial charge in [-0.1, -0.05) is 32.1 Å². The van der Waals surface area contributed by atoms with Crippen LogP contribution in [-0.2, 0) is 0 Å². The highest BCUT2D eigenvalue weighted by Gasteiger charge is 2.20. The fourth-order valence-corrected chi connectivity index (χ4v) is 4.38. The lowest BCUT2D eigenvalue weighted by Gasteiger charge is -2.23. The second kappa shape index (κ2) is 5.55. The Bertz CT molecular complexity index is 337. The third-order valence-corrected chi connectivity index (χ3v) is 5.42. The molecule has 0 aromatic carbocycles. The van der Waals surface area contributed by atoms with Gasteiger partial charge in [-0.2, -0.15) is 0 Å². The summed E-state index contributed by atoms with van der Waals surface area (Å²) in [4.78, 5) is 2.80. The van der Waals surface area contributed by atoms with Crippen molar-refractivity contribution in [2.24, 2.45) is 5.92 Å². The van der Waals surface area contributed by atoms with Gasteiger partial charge >= 0.3 is 0 Å². The first-order valence-electron chi connectivity index (χ1n) is 6.38. The molecule has 0 aliphatic heterocycles. The molecule has 0 saturated heterocycles. The normalized spacial score (nSPS) is 19.9. The lowest BCUT2D eigenvalue weighted by Crippen LogP contribution is -2.08. The highest BCUT2D eigenvalue weighted by Crippen LogP contribution is 2.39. The van der Waals surface area contributed by atoms with Crippen molar-refractivity contribution < 1.29 is 0 Å². The summed E-state index contributed by atoms with van der Waals surface area (Å²) in [5.74, 6) is 0.873. The zero-order chi connectivity index (χ0) is 11.5. The lowest BCUT2D eigenvalue weighted by atomic mass is 9.85. The average molecular weight is 257 g/mol. The van der Waals surface area contributed by atoms with Crippen LogP contribution in [0, 0.1) is 19.8 Å². The number of alkyl halides is 1. The van der Waals surface area contributed by atoms with Crippen molar-refractivity contribution in [3.05, 3.63) is 21.4 Å². The summed E-state index contributed by atoms with van der Waals surface area (Å²) in [5.41, 5.74) is 1.39. The predicted octanol–water partition coefficient (Wildman–Crippen LogP) is 5.62. The molecule has 1 aliphatic carbocycles. The van der Waals surface area contributed by atoms with Crippen LogP contribution in [-0.4, -0.2) is 0 Å². The third kappa shape index (κ3) is 3.01. The number of thiophene rings is 1. The van der Waals surface area contributed by atoms with E-state index in [1.165, 1.54) is 53.8 Å². The maximum atomic E-state index is 6.57. The fraction of sp³-hybridized carbons (Fsp3) is 0.714. The Labute approximate surface area is 108 Å². The Morgan fingerprint density at radius 2 is 2.00 bits per heavy atom. The molecule has 2 rings (SSSR count). The lowest BCUT2D eigenvalue weighted by molar-refractivity contribution is 0.336. The summed E-state index contributed by atoms with van der Waals surface area (Å²) in [6.45, 7) is 4.36. The SMILES string of the molecule is Cc1cc(C)c(C(Cl)CC2CCCCC2)s1. The molecule has 0 N–H and O–H groups in total. The van der Waals surface area contributed by atoms with Gasteiger partial charge in [0.2, 0.25) is 0 Å². The standard InChI is InChI=1S/C14H21ClS/c1-10-8-11(2)16-14(10)13(15)9-12-6-4-3-5-7-12/h8,12-13H,3-7,9H2,1-2H3. The molecule has 1 fully saturated rings. The molecule has 1 saturated carbocycles. The number of halogens is 1. The largest absolute Gasteiger partial charge is 0.144 e. The van der Waals surface area contributed by atoms with Gasteiger partial charge in [0.25, 0.3) is 0 Å². The van der Waals surface area contributed by atoms with Crippen LogP contribution in [0.3, 0.4) is 0 Å². The van der Waals surface area contributed by atoms with Crippen LogP contribution in [0.4, 0.5) is 0 Å². The summed E-state index contributed by atoms with van der Waals surface area (Å²) in [6.07, 6.45) is 8.23. The van der Waals surface area contributed by atoms with Crippen LogP contribution in [0.5, 0.6) is 0 Å². The van der Waals surface area contributed by atoms with E-state index < -0.39 is 0 Å². The third-order valence-electron chi connectivity index (χ3n) is 3.63. The highest BCUT2D eigenvalue weighted by atomic mass is 35.5. The number of rotatable bonds is 3. The van der Waals surface area contributed by atoms with E-state index in [2.05, 4.69) is 19.9 Å². The van der Waals surface area contributed by atoms with Gasteiger partial charge in [-0.25, -0.2) is 0 Å². The first-order valence-corrected chi connectivity index (χ1v) is 7.63. The van der Waals surface area contributed by atoms with Gasteiger partial charge in [0, 0.05) is 9.75 Å². The minimum atomic E-state index is 0.252. The molecule has 1 aliphatic rings. The monoisotopic (exact) mass is 256 g/mol. The maximum Gasteiger partial charge on any atom is 0.0684 e. The number of hydrogen-bond acceptors (Lipinski definition) is 1. The quantitative estimate of drug-likeness (QED) is 0.616. The van der Waals surface area contributed by atoms with E-state index in [-0.39, 0.29) is 5.38 Å². The van der Waals surface area contributed by atoms with Crippen molar-refractivity contribution in [3.8, 4) is 0 Å². The van der Waals surface area contributed by atoms with Gasteiger partial charge in [-0.15, -0.1) is 22.9 Å². The Kier molecular flexibility index (Phi) is 4.32. The first-order chi connectivity index (χ1) is 7.66. The molecule has 90 valence electrons. The van der Waals surface area contributed by atoms with Crippen LogP contribution in [0.1, 0.15) is 59.2 Å². The highest BCUT2D eigenvalue weighted by molar-refractivity contribution is 7.12. The van der Waals surface area contributed by atoms with Crippen LogP contribution < -0.4 is 0 Å². The summed E-state index contributed by atoms with van der Waals surface area (Å²) in [5, 5.41) is 0.252. The minimum Gasteiger partial charge on any atom is -0.144 e. The second-order valence-corrected chi connectivity index (χ2v) is 6.93. The van der Waals surface area contributed by atoms with Crippen molar-refractivity contribution in [2.75, 3.05) is 0 Å². The first kappa shape index (κ1) is 12.4. The second-order valence-electron chi connectivity index (χ2n) is 5.11. The molecule has 2 heteroatoms. The van der Waals surface area contributed by atoms with Gasteiger partial charge in [-0.05, 0) is 37.8 Å². The summed E-state index contributed by atoms with van der Waals surface area (Å²) >= 11 is 8.45. The fourth-order valence-electron chi connectivity index (χ4n) is 2.79. The zero-order valence-corrected chi connectivity index (χ0v) is 11.8. The van der Waals surface area contributed by atoms with Crippen molar-refractivity contribution in [1.82, 2.24) is 0 Å². The topological polar surface area (TPSA) is 0 Å².